The van der Waals surface area contributed by atoms with Crippen LogP contribution in [0.1, 0.15) is 11.1 Å². The zero-order valence-electron chi connectivity index (χ0n) is 16.5. The molecule has 0 saturated heterocycles. The van der Waals surface area contributed by atoms with Crippen LogP contribution in [0.5, 0.6) is 17.2 Å². The van der Waals surface area contributed by atoms with E-state index in [1.54, 1.807) is 48.5 Å². The Hall–Kier alpha value is -3.82. The second-order valence-corrected chi connectivity index (χ2v) is 6.66. The second-order valence-electron chi connectivity index (χ2n) is 6.25. The number of halogens is 2. The number of carbonyl (C=O) groups is 1. The molecular formula is C24H17ClFNO4. The van der Waals surface area contributed by atoms with Crippen LogP contribution in [0.4, 0.5) is 4.39 Å². The van der Waals surface area contributed by atoms with Crippen molar-refractivity contribution in [2.75, 3.05) is 13.7 Å². The molecule has 0 aliphatic rings. The first-order valence-electron chi connectivity index (χ1n) is 9.14. The minimum Gasteiger partial charge on any atom is -0.493 e. The summed E-state index contributed by atoms with van der Waals surface area (Å²) < 4.78 is 30.0. The lowest BCUT2D eigenvalue weighted by Crippen LogP contribution is -2.18. The molecule has 0 aliphatic carbocycles. The molecule has 156 valence electrons. The largest absolute Gasteiger partial charge is 0.493 e. The number of para-hydroxylation sites is 1. The minimum absolute atomic E-state index is 0.151. The van der Waals surface area contributed by atoms with Crippen molar-refractivity contribution in [2.24, 2.45) is 0 Å². The number of allylic oxidation sites excluding steroid dienone is 1. The summed E-state index contributed by atoms with van der Waals surface area (Å²) in [6.07, 6.45) is 1.52. The number of nitriles is 1. The van der Waals surface area contributed by atoms with E-state index in [1.807, 2.05) is 6.07 Å². The zero-order valence-corrected chi connectivity index (χ0v) is 17.2. The van der Waals surface area contributed by atoms with Gasteiger partial charge in [-0.3, -0.25) is 0 Å². The van der Waals surface area contributed by atoms with E-state index in [2.05, 4.69) is 0 Å². The summed E-state index contributed by atoms with van der Waals surface area (Å²) in [6, 6.07) is 19.5. The molecule has 0 N–H and O–H groups in total. The Balaban J connectivity index is 1.75. The number of rotatable bonds is 7. The van der Waals surface area contributed by atoms with Gasteiger partial charge in [-0.15, -0.1) is 0 Å². The van der Waals surface area contributed by atoms with Crippen LogP contribution >= 0.6 is 11.6 Å². The van der Waals surface area contributed by atoms with Gasteiger partial charge in [0.25, 0.3) is 0 Å². The van der Waals surface area contributed by atoms with E-state index in [0.29, 0.717) is 16.3 Å². The molecule has 7 heteroatoms. The van der Waals surface area contributed by atoms with E-state index < -0.39 is 11.8 Å². The van der Waals surface area contributed by atoms with Crippen molar-refractivity contribution in [3.63, 3.8) is 0 Å². The van der Waals surface area contributed by atoms with Gasteiger partial charge in [0, 0.05) is 5.56 Å². The zero-order chi connectivity index (χ0) is 22.2. The number of benzene rings is 3. The lowest BCUT2D eigenvalue weighted by molar-refractivity contribution is -0.136. The highest BCUT2D eigenvalue weighted by Gasteiger charge is 2.13. The standard InChI is InChI=1S/C24H17ClFNO4/c1-29-23-13-16(12-17(14-27)18-6-2-4-8-20(18)26)10-11-22(23)31-24(28)15-30-21-9-5-3-7-19(21)25/h2-13H,15H2,1H3/b17-12-. The summed E-state index contributed by atoms with van der Waals surface area (Å²) in [5.74, 6) is -0.329. The molecule has 0 fully saturated rings. The van der Waals surface area contributed by atoms with Crippen LogP contribution in [0.25, 0.3) is 11.6 Å². The van der Waals surface area contributed by atoms with Crippen LogP contribution in [-0.2, 0) is 4.79 Å². The van der Waals surface area contributed by atoms with Crippen molar-refractivity contribution in [1.29, 1.82) is 5.26 Å². The molecule has 0 amide bonds. The van der Waals surface area contributed by atoms with Crippen LogP contribution < -0.4 is 14.2 Å². The van der Waals surface area contributed by atoms with Gasteiger partial charge in [-0.25, -0.2) is 9.18 Å². The van der Waals surface area contributed by atoms with E-state index in [1.165, 1.54) is 31.4 Å². The molecule has 3 aromatic rings. The van der Waals surface area contributed by atoms with Crippen LogP contribution in [-0.4, -0.2) is 19.7 Å². The monoisotopic (exact) mass is 437 g/mol. The molecule has 31 heavy (non-hydrogen) atoms. The molecule has 0 aliphatic heterocycles. The SMILES string of the molecule is COc1cc(/C=C(/C#N)c2ccccc2F)ccc1OC(=O)COc1ccccc1Cl. The molecule has 0 atom stereocenters. The molecule has 0 unspecified atom stereocenters. The summed E-state index contributed by atoms with van der Waals surface area (Å²) in [5, 5.41) is 9.81. The fourth-order valence-corrected chi connectivity index (χ4v) is 2.92. The van der Waals surface area contributed by atoms with Gasteiger partial charge >= 0.3 is 5.97 Å². The quantitative estimate of drug-likeness (QED) is 0.210. The first-order chi connectivity index (χ1) is 15.0. The lowest BCUT2D eigenvalue weighted by atomic mass is 10.0. The van der Waals surface area contributed by atoms with Gasteiger partial charge in [-0.1, -0.05) is 48.0 Å². The summed E-state index contributed by atoms with van der Waals surface area (Å²) in [4.78, 5) is 12.2. The smallest absolute Gasteiger partial charge is 0.349 e. The van der Waals surface area contributed by atoms with Crippen molar-refractivity contribution in [2.45, 2.75) is 0 Å². The van der Waals surface area contributed by atoms with E-state index in [4.69, 9.17) is 25.8 Å². The first-order valence-corrected chi connectivity index (χ1v) is 9.52. The predicted octanol–water partition coefficient (Wildman–Crippen LogP) is 5.54. The maximum atomic E-state index is 14.0. The highest BCUT2D eigenvalue weighted by Crippen LogP contribution is 2.30. The van der Waals surface area contributed by atoms with E-state index in [9.17, 15) is 14.4 Å². The Bertz CT molecular complexity index is 1170. The van der Waals surface area contributed by atoms with Gasteiger partial charge in [0.1, 0.15) is 11.6 Å². The fourth-order valence-electron chi connectivity index (χ4n) is 2.73. The van der Waals surface area contributed by atoms with Crippen molar-refractivity contribution < 1.29 is 23.4 Å². The average molecular weight is 438 g/mol. The van der Waals surface area contributed by atoms with Crippen LogP contribution in [0, 0.1) is 17.1 Å². The van der Waals surface area contributed by atoms with E-state index in [0.717, 1.165) is 0 Å². The van der Waals surface area contributed by atoms with Gasteiger partial charge in [0.2, 0.25) is 0 Å². The fraction of sp³-hybridized carbons (Fsp3) is 0.0833. The Kier molecular flexibility index (Phi) is 7.26. The average Bonchev–Trinajstić information content (AvgIpc) is 2.78. The highest BCUT2D eigenvalue weighted by atomic mass is 35.5. The molecule has 0 radical (unpaired) electrons. The molecule has 5 nitrogen and oxygen atoms in total. The van der Waals surface area contributed by atoms with Crippen LogP contribution in [0.15, 0.2) is 66.7 Å². The molecule has 0 spiro atoms. The molecule has 0 saturated carbocycles. The first kappa shape index (κ1) is 21.9. The molecule has 3 rings (SSSR count). The molecule has 3 aromatic carbocycles. The molecule has 0 heterocycles. The van der Waals surface area contributed by atoms with E-state index >= 15 is 0 Å². The van der Waals surface area contributed by atoms with Gasteiger partial charge in [-0.05, 0) is 42.0 Å². The van der Waals surface area contributed by atoms with Crippen molar-refractivity contribution in [3.05, 3.63) is 88.7 Å². The number of carbonyl (C=O) groups excluding carboxylic acids is 1. The lowest BCUT2D eigenvalue weighted by Gasteiger charge is -2.11. The van der Waals surface area contributed by atoms with Gasteiger partial charge in [0.15, 0.2) is 18.1 Å². The predicted molar refractivity (Wildman–Crippen MR) is 115 cm³/mol. The molecule has 0 aromatic heterocycles. The minimum atomic E-state index is -0.648. The summed E-state index contributed by atoms with van der Waals surface area (Å²) in [7, 11) is 1.42. The maximum Gasteiger partial charge on any atom is 0.349 e. The summed E-state index contributed by atoms with van der Waals surface area (Å²) in [5.41, 5.74) is 0.915. The number of methoxy groups -OCH3 is 1. The Morgan fingerprint density at radius 3 is 2.52 bits per heavy atom. The number of hydrogen-bond acceptors (Lipinski definition) is 5. The maximum absolute atomic E-state index is 14.0. The highest BCUT2D eigenvalue weighted by molar-refractivity contribution is 6.32. The summed E-state index contributed by atoms with van der Waals surface area (Å²) in [6.45, 7) is -0.347. The third-order valence-electron chi connectivity index (χ3n) is 4.19. The number of hydrogen-bond donors (Lipinski definition) is 0. The third kappa shape index (κ3) is 5.62. The molecule has 0 bridgehead atoms. The van der Waals surface area contributed by atoms with Crippen LogP contribution in [0.2, 0.25) is 5.02 Å². The van der Waals surface area contributed by atoms with Gasteiger partial charge in [-0.2, -0.15) is 5.26 Å². The topological polar surface area (TPSA) is 68.5 Å². The Morgan fingerprint density at radius 2 is 1.81 bits per heavy atom. The molecular weight excluding hydrogens is 421 g/mol. The third-order valence-corrected chi connectivity index (χ3v) is 4.50. The second kappa shape index (κ2) is 10.3. The van der Waals surface area contributed by atoms with Crippen molar-refractivity contribution in [1.82, 2.24) is 0 Å². The van der Waals surface area contributed by atoms with Crippen LogP contribution in [0.3, 0.4) is 0 Å². The normalized spacial score (nSPS) is 10.8. The van der Waals surface area contributed by atoms with Gasteiger partial charge < -0.3 is 14.2 Å². The van der Waals surface area contributed by atoms with Gasteiger partial charge in [0.05, 0.1) is 23.8 Å². The van der Waals surface area contributed by atoms with E-state index in [-0.39, 0.29) is 29.2 Å². The summed E-state index contributed by atoms with van der Waals surface area (Å²) >= 11 is 5.99. The van der Waals surface area contributed by atoms with Crippen molar-refractivity contribution >= 4 is 29.2 Å². The van der Waals surface area contributed by atoms with Crippen molar-refractivity contribution in [3.8, 4) is 23.3 Å². The number of nitrogens with zero attached hydrogens (tertiary/aromatic N) is 1. The number of esters is 1. The Morgan fingerprint density at radius 1 is 1.06 bits per heavy atom. The number of ether oxygens (including phenoxy) is 3. The Labute approximate surface area is 183 Å².